The van der Waals surface area contributed by atoms with Gasteiger partial charge in [0.15, 0.2) is 0 Å². The van der Waals surface area contributed by atoms with Crippen LogP contribution in [-0.2, 0) is 0 Å². The number of hydrogen-bond acceptors (Lipinski definition) is 0. The first-order valence-electron chi connectivity index (χ1n) is 6.60. The molecular formula is C18H16BCs. The smallest absolute Gasteiger partial charge is 0.0687 e. The van der Waals surface area contributed by atoms with Crippen LogP contribution in [0.4, 0.5) is 0 Å². The Kier molecular flexibility index (Phi) is 6.68. The van der Waals surface area contributed by atoms with Gasteiger partial charge in [0.05, 0.1) is 0 Å². The van der Waals surface area contributed by atoms with E-state index in [4.69, 9.17) is 0 Å². The van der Waals surface area contributed by atoms with E-state index in [1.165, 1.54) is 16.4 Å². The van der Waals surface area contributed by atoms with E-state index in [0.717, 1.165) is 0 Å². The van der Waals surface area contributed by atoms with Gasteiger partial charge in [-0.25, -0.2) is 0 Å². The second-order valence-corrected chi connectivity index (χ2v) is 4.67. The summed E-state index contributed by atoms with van der Waals surface area (Å²) in [5.41, 5.74) is 4.00. The van der Waals surface area contributed by atoms with Crippen LogP contribution in [0.1, 0.15) is 0 Å². The summed E-state index contributed by atoms with van der Waals surface area (Å²) in [4.78, 5) is 0. The van der Waals surface area contributed by atoms with Crippen LogP contribution in [0.2, 0.25) is 0 Å². The third-order valence-electron chi connectivity index (χ3n) is 3.40. The Morgan fingerprint density at radius 2 is 0.650 bits per heavy atom. The average Bonchev–Trinajstić information content (AvgIpc) is 2.51. The first-order valence-corrected chi connectivity index (χ1v) is 6.60. The standard InChI is InChI=1S/C18H15B.Cs.H/c1-4-10-16(11-5-1)19(17-12-6-2-7-13-17)18-14-8-3-9-15-18;;/h1-15H;;. The van der Waals surface area contributed by atoms with Crippen molar-refractivity contribution in [1.82, 2.24) is 0 Å². The molecule has 0 bridgehead atoms. The topological polar surface area (TPSA) is 0 Å². The van der Waals surface area contributed by atoms with Crippen molar-refractivity contribution >= 4 is 92.0 Å². The van der Waals surface area contributed by atoms with Crippen molar-refractivity contribution in [3.05, 3.63) is 91.0 Å². The molecule has 3 aromatic carbocycles. The van der Waals surface area contributed by atoms with Crippen LogP contribution in [0.15, 0.2) is 91.0 Å². The molecule has 0 saturated carbocycles. The summed E-state index contributed by atoms with van der Waals surface area (Å²) in [7, 11) is 0. The summed E-state index contributed by atoms with van der Waals surface area (Å²) in [6, 6.07) is 32.0. The molecule has 0 aromatic heterocycles. The van der Waals surface area contributed by atoms with E-state index in [9.17, 15) is 0 Å². The fraction of sp³-hybridized carbons (Fsp3) is 0. The van der Waals surface area contributed by atoms with E-state index in [2.05, 4.69) is 91.0 Å². The number of rotatable bonds is 3. The molecule has 0 N–H and O–H groups in total. The molecule has 0 amide bonds. The molecule has 0 saturated heterocycles. The SMILES string of the molecule is [CsH].c1ccc(B(c2ccccc2)c2ccccc2)cc1. The van der Waals surface area contributed by atoms with Crippen molar-refractivity contribution in [2.24, 2.45) is 0 Å². The molecule has 20 heavy (non-hydrogen) atoms. The van der Waals surface area contributed by atoms with Gasteiger partial charge in [0, 0.05) is 0 Å². The Morgan fingerprint density at radius 1 is 0.400 bits per heavy atom. The van der Waals surface area contributed by atoms with E-state index in [1.807, 2.05) is 0 Å². The van der Waals surface area contributed by atoms with Gasteiger partial charge in [-0.15, -0.1) is 0 Å². The van der Waals surface area contributed by atoms with Gasteiger partial charge in [0.1, 0.15) is 0 Å². The molecule has 92 valence electrons. The molecule has 0 heterocycles. The van der Waals surface area contributed by atoms with E-state index in [-0.39, 0.29) is 68.9 Å². The quantitative estimate of drug-likeness (QED) is 0.609. The molecule has 0 aliphatic rings. The van der Waals surface area contributed by atoms with Gasteiger partial charge in [-0.05, 0) is 0 Å². The van der Waals surface area contributed by atoms with Crippen molar-refractivity contribution in [2.45, 2.75) is 0 Å². The van der Waals surface area contributed by atoms with Crippen molar-refractivity contribution in [3.63, 3.8) is 0 Å². The zero-order valence-corrected chi connectivity index (χ0v) is 10.7. The van der Waals surface area contributed by atoms with Crippen LogP contribution in [-0.4, -0.2) is 75.6 Å². The van der Waals surface area contributed by atoms with Crippen LogP contribution in [0.5, 0.6) is 0 Å². The van der Waals surface area contributed by atoms with E-state index in [0.29, 0.717) is 6.71 Å². The van der Waals surface area contributed by atoms with Crippen LogP contribution in [0, 0.1) is 0 Å². The molecule has 0 radical (unpaired) electrons. The van der Waals surface area contributed by atoms with Gasteiger partial charge in [-0.1, -0.05) is 107 Å². The van der Waals surface area contributed by atoms with Crippen LogP contribution in [0.3, 0.4) is 0 Å². The second kappa shape index (κ2) is 8.28. The molecule has 3 rings (SSSR count). The largest absolute Gasteiger partial charge is 0.241 e. The molecule has 0 unspecified atom stereocenters. The third kappa shape index (κ3) is 3.91. The first kappa shape index (κ1) is 16.2. The molecule has 0 aliphatic carbocycles. The predicted molar refractivity (Wildman–Crippen MR) is 91.1 cm³/mol. The van der Waals surface area contributed by atoms with Gasteiger partial charge < -0.3 is 0 Å². The van der Waals surface area contributed by atoms with Gasteiger partial charge >= 0.3 is 68.9 Å². The molecule has 0 nitrogen and oxygen atoms in total. The van der Waals surface area contributed by atoms with Gasteiger partial charge in [0.25, 0.3) is 0 Å². The minimum atomic E-state index is 0. The van der Waals surface area contributed by atoms with E-state index >= 15 is 0 Å². The number of hydrogen-bond donors (Lipinski definition) is 0. The van der Waals surface area contributed by atoms with E-state index < -0.39 is 0 Å². The third-order valence-corrected chi connectivity index (χ3v) is 3.40. The van der Waals surface area contributed by atoms with Crippen molar-refractivity contribution in [1.29, 1.82) is 0 Å². The fourth-order valence-corrected chi connectivity index (χ4v) is 2.51. The van der Waals surface area contributed by atoms with Gasteiger partial charge in [-0.3, -0.25) is 0 Å². The zero-order chi connectivity index (χ0) is 12.9. The Labute approximate surface area is 180 Å². The minimum Gasteiger partial charge on any atom is -0.0687 e. The van der Waals surface area contributed by atoms with Crippen molar-refractivity contribution in [2.75, 3.05) is 0 Å². The summed E-state index contributed by atoms with van der Waals surface area (Å²) in [6.07, 6.45) is 0. The normalized spacial score (nSPS) is 9.60. The number of benzene rings is 3. The summed E-state index contributed by atoms with van der Waals surface area (Å²) in [5, 5.41) is 0. The molecule has 2 heteroatoms. The molecular weight excluding hydrogens is 360 g/mol. The van der Waals surface area contributed by atoms with Crippen molar-refractivity contribution in [3.8, 4) is 0 Å². The van der Waals surface area contributed by atoms with Crippen molar-refractivity contribution < 1.29 is 0 Å². The average molecular weight is 376 g/mol. The first-order chi connectivity index (χ1) is 9.45. The zero-order valence-electron chi connectivity index (χ0n) is 10.7. The molecule has 0 spiro atoms. The predicted octanol–water partition coefficient (Wildman–Crippen LogP) is 1.55. The monoisotopic (exact) mass is 376 g/mol. The molecule has 0 fully saturated rings. The maximum atomic E-state index is 2.20. The fourth-order valence-electron chi connectivity index (χ4n) is 2.51. The Bertz CT molecular complexity index is 529. The van der Waals surface area contributed by atoms with Crippen LogP contribution >= 0.6 is 0 Å². The molecule has 0 atom stereocenters. The summed E-state index contributed by atoms with van der Waals surface area (Å²) in [5.74, 6) is 0. The molecule has 3 aromatic rings. The minimum absolute atomic E-state index is 0. The second-order valence-electron chi connectivity index (χ2n) is 4.67. The molecule has 0 aliphatic heterocycles. The van der Waals surface area contributed by atoms with Gasteiger partial charge in [-0.2, -0.15) is 0 Å². The summed E-state index contributed by atoms with van der Waals surface area (Å²) >= 11 is 0. The maximum Gasteiger partial charge on any atom is 0.241 e. The van der Waals surface area contributed by atoms with Gasteiger partial charge in [0.2, 0.25) is 6.71 Å². The summed E-state index contributed by atoms with van der Waals surface area (Å²) < 4.78 is 0. The van der Waals surface area contributed by atoms with E-state index in [1.54, 1.807) is 0 Å². The van der Waals surface area contributed by atoms with Crippen LogP contribution < -0.4 is 16.4 Å². The summed E-state index contributed by atoms with van der Waals surface area (Å²) in [6.45, 7) is 0.309. The van der Waals surface area contributed by atoms with Crippen LogP contribution in [0.25, 0.3) is 0 Å². The Hall–Kier alpha value is -0.223. The Balaban J connectivity index is 0.00000147. The Morgan fingerprint density at radius 3 is 0.900 bits per heavy atom. The maximum absolute atomic E-state index is 2.20.